The van der Waals surface area contributed by atoms with Gasteiger partial charge in [0.2, 0.25) is 5.91 Å². The number of nitrogens with zero attached hydrogens (tertiary/aromatic N) is 2. The zero-order chi connectivity index (χ0) is 15.2. The fourth-order valence-electron chi connectivity index (χ4n) is 2.73. The molecule has 0 spiro atoms. The first kappa shape index (κ1) is 16.2. The average molecular weight is 356 g/mol. The van der Waals surface area contributed by atoms with Gasteiger partial charge < -0.3 is 14.8 Å². The van der Waals surface area contributed by atoms with Crippen molar-refractivity contribution in [3.63, 3.8) is 0 Å². The zero-order valence-corrected chi connectivity index (χ0v) is 13.9. The van der Waals surface area contributed by atoms with Crippen molar-refractivity contribution in [3.8, 4) is 0 Å². The lowest BCUT2D eigenvalue weighted by atomic mass is 10.0. The van der Waals surface area contributed by atoms with Gasteiger partial charge in [-0.2, -0.15) is 0 Å². The fourth-order valence-corrected chi connectivity index (χ4v) is 3.11. The second kappa shape index (κ2) is 7.75. The number of amides is 1. The molecule has 2 rings (SSSR count). The summed E-state index contributed by atoms with van der Waals surface area (Å²) in [5.74, 6) is 0.0314. The monoisotopic (exact) mass is 355 g/mol. The van der Waals surface area contributed by atoms with E-state index in [2.05, 4.69) is 28.2 Å². The van der Waals surface area contributed by atoms with Gasteiger partial charge >= 0.3 is 0 Å². The van der Waals surface area contributed by atoms with Crippen LogP contribution < -0.4 is 10.9 Å². The second-order valence-electron chi connectivity index (χ2n) is 5.38. The minimum absolute atomic E-state index is 0.0314. The van der Waals surface area contributed by atoms with E-state index in [1.165, 1.54) is 10.6 Å². The molecule has 1 aromatic heterocycles. The number of carbonyl (C=O) groups excluding carboxylic acids is 1. The number of rotatable bonds is 5. The van der Waals surface area contributed by atoms with Crippen LogP contribution in [0.5, 0.6) is 0 Å². The highest BCUT2D eigenvalue weighted by Crippen LogP contribution is 2.13. The molecule has 21 heavy (non-hydrogen) atoms. The Kier molecular flexibility index (Phi) is 5.99. The molecule has 116 valence electrons. The quantitative estimate of drug-likeness (QED) is 0.872. The number of hydrogen-bond donors (Lipinski definition) is 1. The predicted molar refractivity (Wildman–Crippen MR) is 86.3 cm³/mol. The van der Waals surface area contributed by atoms with E-state index in [-0.39, 0.29) is 18.0 Å². The lowest BCUT2D eigenvalue weighted by Crippen LogP contribution is -2.48. The van der Waals surface area contributed by atoms with Gasteiger partial charge in [0.15, 0.2) is 0 Å². The first-order valence-corrected chi connectivity index (χ1v) is 8.27. The van der Waals surface area contributed by atoms with Crippen LogP contribution in [-0.4, -0.2) is 41.1 Å². The van der Waals surface area contributed by atoms with E-state index in [9.17, 15) is 9.59 Å². The molecule has 0 aliphatic carbocycles. The summed E-state index contributed by atoms with van der Waals surface area (Å²) in [6.45, 7) is 4.85. The van der Waals surface area contributed by atoms with Crippen LogP contribution in [0, 0.1) is 0 Å². The van der Waals surface area contributed by atoms with Crippen LogP contribution in [0.4, 0.5) is 0 Å². The largest absolute Gasteiger partial charge is 0.338 e. The Morgan fingerprint density at radius 1 is 1.43 bits per heavy atom. The van der Waals surface area contributed by atoms with Crippen molar-refractivity contribution in [2.45, 2.75) is 38.8 Å². The van der Waals surface area contributed by atoms with Crippen LogP contribution in [0.25, 0.3) is 0 Å². The van der Waals surface area contributed by atoms with Crippen molar-refractivity contribution in [2.75, 3.05) is 19.6 Å². The molecule has 1 N–H and O–H groups in total. The van der Waals surface area contributed by atoms with E-state index in [4.69, 9.17) is 0 Å². The molecule has 5 nitrogen and oxygen atoms in total. The molecule has 0 unspecified atom stereocenters. The number of nitrogens with one attached hydrogen (secondary N) is 1. The summed E-state index contributed by atoms with van der Waals surface area (Å²) in [5.41, 5.74) is -0.145. The van der Waals surface area contributed by atoms with Gasteiger partial charge in [0.1, 0.15) is 6.54 Å². The average Bonchev–Trinajstić information content (AvgIpc) is 2.49. The molecule has 0 saturated carbocycles. The Bertz CT molecular complexity index is 538. The van der Waals surface area contributed by atoms with E-state index in [0.717, 1.165) is 43.4 Å². The van der Waals surface area contributed by atoms with Crippen LogP contribution in [0.2, 0.25) is 0 Å². The minimum atomic E-state index is -0.145. The highest BCUT2D eigenvalue weighted by molar-refractivity contribution is 9.10. The molecule has 0 bridgehead atoms. The Morgan fingerprint density at radius 2 is 2.14 bits per heavy atom. The highest BCUT2D eigenvalue weighted by Gasteiger charge is 2.24. The lowest BCUT2D eigenvalue weighted by molar-refractivity contribution is -0.134. The Balaban J connectivity index is 2.10. The van der Waals surface area contributed by atoms with Crippen molar-refractivity contribution < 1.29 is 4.79 Å². The number of hydrogen-bond acceptors (Lipinski definition) is 3. The zero-order valence-electron chi connectivity index (χ0n) is 12.3. The first-order valence-electron chi connectivity index (χ1n) is 7.48. The molecule has 2 heterocycles. The van der Waals surface area contributed by atoms with Crippen LogP contribution in [-0.2, 0) is 11.3 Å². The SMILES string of the molecule is CCCN(C(=O)Cn1cc(Br)ccc1=O)C1CCNCC1. The van der Waals surface area contributed by atoms with E-state index in [1.54, 1.807) is 12.3 Å². The Morgan fingerprint density at radius 3 is 2.81 bits per heavy atom. The first-order chi connectivity index (χ1) is 10.1. The Hall–Kier alpha value is -1.14. The molecule has 1 fully saturated rings. The molecule has 1 aromatic rings. The molecule has 1 aliphatic heterocycles. The van der Waals surface area contributed by atoms with E-state index < -0.39 is 0 Å². The fraction of sp³-hybridized carbons (Fsp3) is 0.600. The van der Waals surface area contributed by atoms with Crippen LogP contribution >= 0.6 is 15.9 Å². The molecule has 0 radical (unpaired) electrons. The van der Waals surface area contributed by atoms with Crippen molar-refractivity contribution >= 4 is 21.8 Å². The molecule has 1 saturated heterocycles. The number of halogens is 1. The normalized spacial score (nSPS) is 15.9. The summed E-state index contributed by atoms with van der Waals surface area (Å²) in [6.07, 6.45) is 4.58. The van der Waals surface area contributed by atoms with Gasteiger partial charge in [-0.25, -0.2) is 0 Å². The highest BCUT2D eigenvalue weighted by atomic mass is 79.9. The smallest absolute Gasteiger partial charge is 0.251 e. The van der Waals surface area contributed by atoms with Gasteiger partial charge in [-0.15, -0.1) is 0 Å². The molecule has 0 aromatic carbocycles. The van der Waals surface area contributed by atoms with E-state index >= 15 is 0 Å². The van der Waals surface area contributed by atoms with Crippen LogP contribution in [0.3, 0.4) is 0 Å². The number of aromatic nitrogens is 1. The third kappa shape index (κ3) is 4.41. The second-order valence-corrected chi connectivity index (χ2v) is 6.30. The summed E-state index contributed by atoms with van der Waals surface area (Å²) >= 11 is 3.34. The minimum Gasteiger partial charge on any atom is -0.338 e. The summed E-state index contributed by atoms with van der Waals surface area (Å²) in [6, 6.07) is 3.47. The van der Waals surface area contributed by atoms with Gasteiger partial charge in [0, 0.05) is 29.3 Å². The molecular formula is C15H22BrN3O2. The summed E-state index contributed by atoms with van der Waals surface area (Å²) in [4.78, 5) is 26.4. The van der Waals surface area contributed by atoms with Crippen molar-refractivity contribution in [2.24, 2.45) is 0 Å². The van der Waals surface area contributed by atoms with E-state index in [1.807, 2.05) is 4.90 Å². The number of carbonyl (C=O) groups is 1. The summed E-state index contributed by atoms with van der Waals surface area (Å²) < 4.78 is 2.27. The third-order valence-corrected chi connectivity index (χ3v) is 4.26. The maximum absolute atomic E-state index is 12.6. The number of piperidine rings is 1. The van der Waals surface area contributed by atoms with Gasteiger partial charge in [0.25, 0.3) is 5.56 Å². The summed E-state index contributed by atoms with van der Waals surface area (Å²) in [7, 11) is 0. The third-order valence-electron chi connectivity index (χ3n) is 3.79. The van der Waals surface area contributed by atoms with Crippen molar-refractivity contribution in [1.82, 2.24) is 14.8 Å². The van der Waals surface area contributed by atoms with Gasteiger partial charge in [-0.05, 0) is 54.3 Å². The molecule has 1 amide bonds. The van der Waals surface area contributed by atoms with Crippen molar-refractivity contribution in [3.05, 3.63) is 33.2 Å². The number of pyridine rings is 1. The molecular weight excluding hydrogens is 334 g/mol. The van der Waals surface area contributed by atoms with Crippen LogP contribution in [0.1, 0.15) is 26.2 Å². The van der Waals surface area contributed by atoms with E-state index in [0.29, 0.717) is 6.04 Å². The predicted octanol–water partition coefficient (Wildman–Crippen LogP) is 1.60. The molecule has 0 atom stereocenters. The molecule has 1 aliphatic rings. The Labute approximate surface area is 133 Å². The van der Waals surface area contributed by atoms with Gasteiger partial charge in [0.05, 0.1) is 0 Å². The lowest BCUT2D eigenvalue weighted by Gasteiger charge is -2.34. The maximum atomic E-state index is 12.6. The van der Waals surface area contributed by atoms with Gasteiger partial charge in [-0.1, -0.05) is 6.92 Å². The maximum Gasteiger partial charge on any atom is 0.251 e. The summed E-state index contributed by atoms with van der Waals surface area (Å²) in [5, 5.41) is 3.32. The topological polar surface area (TPSA) is 54.3 Å². The van der Waals surface area contributed by atoms with Crippen molar-refractivity contribution in [1.29, 1.82) is 0 Å². The molecule has 6 heteroatoms. The van der Waals surface area contributed by atoms with Crippen LogP contribution in [0.15, 0.2) is 27.6 Å². The standard InChI is InChI=1S/C15H22BrN3O2/c1-2-9-19(13-5-7-17-8-6-13)15(21)11-18-10-12(16)3-4-14(18)20/h3-4,10,13,17H,2,5-9,11H2,1H3. The van der Waals surface area contributed by atoms with Gasteiger partial charge in [-0.3, -0.25) is 9.59 Å².